The summed E-state index contributed by atoms with van der Waals surface area (Å²) in [5.41, 5.74) is 13.2. The molecule has 2 heterocycles. The number of nitrogens with zero attached hydrogens (tertiary/aromatic N) is 1. The number of ether oxygens (including phenoxy) is 4. The second-order valence-electron chi connectivity index (χ2n) is 15.9. The molecule has 0 N–H and O–H groups in total. The van der Waals surface area contributed by atoms with Gasteiger partial charge in [0.1, 0.15) is 11.5 Å². The van der Waals surface area contributed by atoms with E-state index in [4.69, 9.17) is 23.9 Å². The zero-order valence-electron chi connectivity index (χ0n) is 35.2. The Morgan fingerprint density at radius 2 is 1.10 bits per heavy atom. The van der Waals surface area contributed by atoms with Gasteiger partial charge >= 0.3 is 0 Å². The summed E-state index contributed by atoms with van der Waals surface area (Å²) in [4.78, 5) is 5.23. The summed E-state index contributed by atoms with van der Waals surface area (Å²) in [5, 5.41) is 2.05. The van der Waals surface area contributed by atoms with Crippen molar-refractivity contribution in [1.29, 1.82) is 0 Å². The van der Waals surface area contributed by atoms with Gasteiger partial charge in [-0.1, -0.05) is 141 Å². The van der Waals surface area contributed by atoms with E-state index in [1.54, 1.807) is 21.3 Å². The molecule has 7 aromatic carbocycles. The predicted octanol–water partition coefficient (Wildman–Crippen LogP) is 13.7. The Kier molecular flexibility index (Phi) is 9.48. The Morgan fingerprint density at radius 3 is 1.70 bits per heavy atom. The number of pyridine rings is 1. The lowest BCUT2D eigenvalue weighted by Crippen LogP contribution is -2.35. The fourth-order valence-corrected chi connectivity index (χ4v) is 9.92. The molecule has 1 aliphatic carbocycles. The minimum absolute atomic E-state index is 0.202. The lowest BCUT2D eigenvalue weighted by Gasteiger charge is -2.39. The summed E-state index contributed by atoms with van der Waals surface area (Å²) < 4.78 is 25.3. The molecule has 5 heteroatoms. The molecule has 2 aliphatic rings. The number of hydrogen-bond donors (Lipinski definition) is 0. The summed E-state index contributed by atoms with van der Waals surface area (Å²) >= 11 is 0. The van der Waals surface area contributed by atoms with E-state index < -0.39 is 5.60 Å². The maximum atomic E-state index is 7.72. The normalized spacial score (nSPS) is 15.7. The third-order valence-corrected chi connectivity index (χ3v) is 13.1. The lowest BCUT2D eigenvalue weighted by atomic mass is 9.71. The highest BCUT2D eigenvalue weighted by molar-refractivity contribution is 6.09. The van der Waals surface area contributed by atoms with Gasteiger partial charge in [-0.05, 0) is 94.1 Å². The van der Waals surface area contributed by atoms with Gasteiger partial charge in [-0.3, -0.25) is 0 Å². The molecule has 0 amide bonds. The van der Waals surface area contributed by atoms with Crippen molar-refractivity contribution < 1.29 is 18.9 Å². The van der Waals surface area contributed by atoms with E-state index in [-0.39, 0.29) is 5.41 Å². The van der Waals surface area contributed by atoms with Crippen LogP contribution in [0.2, 0.25) is 0 Å². The molecule has 0 saturated heterocycles. The highest BCUT2D eigenvalue weighted by Gasteiger charge is 2.47. The van der Waals surface area contributed by atoms with Crippen molar-refractivity contribution in [3.8, 4) is 67.8 Å². The van der Waals surface area contributed by atoms with E-state index in [0.29, 0.717) is 11.5 Å². The molecule has 1 atom stereocenters. The average molecular weight is 798 g/mol. The van der Waals surface area contributed by atoms with Crippen molar-refractivity contribution in [3.63, 3.8) is 0 Å². The smallest absolute Gasteiger partial charge is 0.178 e. The second-order valence-corrected chi connectivity index (χ2v) is 15.9. The van der Waals surface area contributed by atoms with Crippen LogP contribution in [0.25, 0.3) is 61.6 Å². The minimum atomic E-state index is -0.993. The lowest BCUT2D eigenvalue weighted by molar-refractivity contribution is 0.163. The van der Waals surface area contributed by atoms with Crippen LogP contribution in [-0.2, 0) is 11.0 Å². The van der Waals surface area contributed by atoms with Crippen molar-refractivity contribution >= 4 is 16.8 Å². The van der Waals surface area contributed by atoms with E-state index in [2.05, 4.69) is 159 Å². The van der Waals surface area contributed by atoms with E-state index in [1.807, 2.05) is 24.3 Å². The molecule has 0 spiro atoms. The van der Waals surface area contributed by atoms with Crippen molar-refractivity contribution in [2.75, 3.05) is 21.3 Å². The summed E-state index contributed by atoms with van der Waals surface area (Å²) in [6, 6.07) is 55.3. The largest absolute Gasteiger partial charge is 0.497 e. The summed E-state index contributed by atoms with van der Waals surface area (Å²) in [6.45, 7) is 4.62. The van der Waals surface area contributed by atoms with Crippen molar-refractivity contribution in [3.05, 3.63) is 192 Å². The van der Waals surface area contributed by atoms with E-state index in [9.17, 15) is 0 Å². The number of benzene rings is 7. The van der Waals surface area contributed by atoms with Gasteiger partial charge in [0.2, 0.25) is 0 Å². The van der Waals surface area contributed by atoms with Crippen LogP contribution in [0.3, 0.4) is 0 Å². The second kappa shape index (κ2) is 15.2. The molecule has 0 saturated carbocycles. The average Bonchev–Trinajstić information content (AvgIpc) is 3.64. The third kappa shape index (κ3) is 6.02. The Hall–Kier alpha value is -7.11. The van der Waals surface area contributed by atoms with Gasteiger partial charge in [0.15, 0.2) is 17.1 Å². The Balaban J connectivity index is 1.18. The summed E-state index contributed by atoms with van der Waals surface area (Å²) in [6.07, 6.45) is 6.46. The quantitative estimate of drug-likeness (QED) is 0.138. The van der Waals surface area contributed by atoms with Crippen LogP contribution in [0.15, 0.2) is 164 Å². The van der Waals surface area contributed by atoms with Crippen LogP contribution in [0, 0.1) is 0 Å². The molecule has 1 aromatic heterocycles. The zero-order chi connectivity index (χ0) is 41.7. The predicted molar refractivity (Wildman–Crippen MR) is 248 cm³/mol. The zero-order valence-corrected chi connectivity index (χ0v) is 35.2. The molecule has 8 aromatic rings. The van der Waals surface area contributed by atoms with Crippen LogP contribution >= 0.6 is 0 Å². The molecule has 0 bridgehead atoms. The molecular formula is C56H47NO4. The van der Waals surface area contributed by atoms with Gasteiger partial charge in [-0.15, -0.1) is 0 Å². The van der Waals surface area contributed by atoms with Crippen molar-refractivity contribution in [2.24, 2.45) is 0 Å². The van der Waals surface area contributed by atoms with Crippen LogP contribution < -0.4 is 18.9 Å². The van der Waals surface area contributed by atoms with Crippen molar-refractivity contribution in [1.82, 2.24) is 4.98 Å². The molecule has 0 fully saturated rings. The van der Waals surface area contributed by atoms with Gasteiger partial charge in [0.25, 0.3) is 0 Å². The van der Waals surface area contributed by atoms with E-state index in [0.717, 1.165) is 85.4 Å². The number of hydrogen-bond acceptors (Lipinski definition) is 5. The number of rotatable bonds is 10. The number of fused-ring (bicyclic) bond motifs is 8. The molecule has 5 nitrogen and oxygen atoms in total. The van der Waals surface area contributed by atoms with Gasteiger partial charge in [0, 0.05) is 38.6 Å². The fourth-order valence-electron chi connectivity index (χ4n) is 9.92. The summed E-state index contributed by atoms with van der Waals surface area (Å²) in [7, 11) is 5.09. The van der Waals surface area contributed by atoms with Crippen molar-refractivity contribution in [2.45, 2.75) is 37.7 Å². The van der Waals surface area contributed by atoms with Gasteiger partial charge in [-0.25, -0.2) is 4.98 Å². The molecule has 300 valence electrons. The fraction of sp³-hybridized carbons (Fsp3) is 0.161. The van der Waals surface area contributed by atoms with E-state index in [1.165, 1.54) is 22.3 Å². The maximum Gasteiger partial charge on any atom is 0.178 e. The van der Waals surface area contributed by atoms with E-state index >= 15 is 0 Å². The third-order valence-electron chi connectivity index (χ3n) is 13.1. The van der Waals surface area contributed by atoms with Crippen LogP contribution in [-0.4, -0.2) is 26.3 Å². The topological polar surface area (TPSA) is 49.8 Å². The molecule has 61 heavy (non-hydrogen) atoms. The first-order valence-corrected chi connectivity index (χ1v) is 21.1. The molecule has 1 unspecified atom stereocenters. The Labute approximate surface area is 357 Å². The molecule has 1 aliphatic heterocycles. The number of aromatic nitrogens is 1. The van der Waals surface area contributed by atoms with Gasteiger partial charge in [0.05, 0.1) is 32.7 Å². The molecule has 0 radical (unpaired) electrons. The maximum absolute atomic E-state index is 7.72. The highest BCUT2D eigenvalue weighted by Crippen LogP contribution is 2.61. The Morgan fingerprint density at radius 1 is 0.541 bits per heavy atom. The van der Waals surface area contributed by atoms with Crippen LogP contribution in [0.4, 0.5) is 0 Å². The summed E-state index contributed by atoms with van der Waals surface area (Å²) in [5.74, 6) is 2.93. The molecular weight excluding hydrogens is 751 g/mol. The first-order chi connectivity index (χ1) is 29.9. The van der Waals surface area contributed by atoms with Crippen LogP contribution in [0.5, 0.6) is 23.0 Å². The van der Waals surface area contributed by atoms with Crippen LogP contribution in [0.1, 0.15) is 54.5 Å². The number of methoxy groups -OCH3 is 3. The SMILES string of the molecule is CCC1(CC)c2ccccc2-c2c1c1c(c3cc(OC)c(OC)cc23)OC(c2ccc(OC)cc2)(c2ccc(-c3cc(-c4ccccc4)cc(-c4ccccc4)n3)cc2)C=C1. The van der Waals surface area contributed by atoms with Gasteiger partial charge in [-0.2, -0.15) is 0 Å². The monoisotopic (exact) mass is 797 g/mol. The minimum Gasteiger partial charge on any atom is -0.497 e. The first kappa shape index (κ1) is 38.1. The standard InChI is InChI=1S/C56H47NO4/c1-6-55(7-2)47-21-15-14-20-43(47)52-45-34-50(59-4)51(60-5)35-46(45)54-44(53(52)55)30-31-56(61-54,41-26-28-42(58-3)29-27-41)40-24-22-38(23-25-40)49-33-39(36-16-10-8-11-17-36)32-48(57-49)37-18-12-9-13-19-37/h8-35H,6-7H2,1-5H3. The highest BCUT2D eigenvalue weighted by atomic mass is 16.5. The molecule has 10 rings (SSSR count). The Bertz CT molecular complexity index is 2890. The first-order valence-electron chi connectivity index (χ1n) is 21.1. The van der Waals surface area contributed by atoms with Gasteiger partial charge < -0.3 is 18.9 Å².